The third-order valence-corrected chi connectivity index (χ3v) is 5.83. The number of carbonyl (C=O) groups is 2. The number of nitrogens with one attached hydrogen (secondary N) is 2. The van der Waals surface area contributed by atoms with Crippen LogP contribution in [0, 0.1) is 0 Å². The number of hydrogen-bond acceptors (Lipinski definition) is 5. The number of para-hydroxylation sites is 2. The minimum Gasteiger partial charge on any atom is -0.497 e. The lowest BCUT2D eigenvalue weighted by atomic mass is 9.81. The summed E-state index contributed by atoms with van der Waals surface area (Å²) < 4.78 is 10.6. The first-order valence-electron chi connectivity index (χ1n) is 10.4. The number of aromatic nitrogens is 2. The first kappa shape index (κ1) is 20.6. The molecular weight excluding hydrogens is 420 g/mol. The molecule has 2 heterocycles. The second-order valence-corrected chi connectivity index (χ2v) is 7.76. The van der Waals surface area contributed by atoms with Crippen LogP contribution in [0.3, 0.4) is 0 Å². The van der Waals surface area contributed by atoms with Crippen molar-refractivity contribution in [2.24, 2.45) is 0 Å². The molecule has 4 aromatic rings. The van der Waals surface area contributed by atoms with Gasteiger partial charge in [0.15, 0.2) is 5.54 Å². The largest absolute Gasteiger partial charge is 0.497 e. The number of imidazole rings is 1. The van der Waals surface area contributed by atoms with Crippen LogP contribution in [0.15, 0.2) is 72.8 Å². The highest BCUT2D eigenvalue weighted by molar-refractivity contribution is 6.16. The number of nitrogens with zero attached hydrogens (tertiary/aromatic N) is 2. The lowest BCUT2D eigenvalue weighted by molar-refractivity contribution is -0.137. The topological polar surface area (TPSA) is 96.5 Å². The van der Waals surface area contributed by atoms with Gasteiger partial charge in [-0.3, -0.25) is 14.5 Å². The van der Waals surface area contributed by atoms with Crippen LogP contribution in [0.2, 0.25) is 0 Å². The fourth-order valence-electron chi connectivity index (χ4n) is 4.18. The van der Waals surface area contributed by atoms with E-state index in [1.165, 1.54) is 4.90 Å². The number of amides is 2. The first-order valence-corrected chi connectivity index (χ1v) is 10.4. The van der Waals surface area contributed by atoms with E-state index in [2.05, 4.69) is 15.3 Å². The molecule has 5 rings (SSSR count). The number of fused-ring (bicyclic) bond motifs is 1. The molecule has 0 spiro atoms. The van der Waals surface area contributed by atoms with E-state index in [0.29, 0.717) is 34.2 Å². The van der Waals surface area contributed by atoms with Crippen LogP contribution in [0.25, 0.3) is 11.0 Å². The number of H-pyrrole nitrogens is 1. The van der Waals surface area contributed by atoms with Crippen LogP contribution in [-0.2, 0) is 15.1 Å². The Bertz CT molecular complexity index is 1330. The van der Waals surface area contributed by atoms with Gasteiger partial charge in [0.25, 0.3) is 5.91 Å². The fraction of sp³-hybridized carbons (Fsp3) is 0.160. The second-order valence-electron chi connectivity index (χ2n) is 7.76. The minimum atomic E-state index is -1.36. The zero-order valence-electron chi connectivity index (χ0n) is 18.2. The third-order valence-electron chi connectivity index (χ3n) is 5.83. The van der Waals surface area contributed by atoms with Gasteiger partial charge in [-0.15, -0.1) is 0 Å². The van der Waals surface area contributed by atoms with Crippen LogP contribution >= 0.6 is 0 Å². The Morgan fingerprint density at radius 2 is 1.73 bits per heavy atom. The number of methoxy groups -OCH3 is 2. The molecule has 0 saturated carbocycles. The fourth-order valence-corrected chi connectivity index (χ4v) is 4.18. The summed E-state index contributed by atoms with van der Waals surface area (Å²) in [6, 6.07) is 21.6. The number of anilines is 2. The Morgan fingerprint density at radius 3 is 2.45 bits per heavy atom. The molecule has 0 radical (unpaired) electrons. The molecule has 1 atom stereocenters. The van der Waals surface area contributed by atoms with Crippen molar-refractivity contribution in [1.82, 2.24) is 9.97 Å². The zero-order valence-corrected chi connectivity index (χ0v) is 18.2. The Hall–Kier alpha value is -4.33. The number of ether oxygens (including phenoxy) is 2. The van der Waals surface area contributed by atoms with Gasteiger partial charge in [0.05, 0.1) is 31.7 Å². The molecule has 1 fully saturated rings. The van der Waals surface area contributed by atoms with E-state index in [-0.39, 0.29) is 18.2 Å². The minimum absolute atomic E-state index is 0.0279. The van der Waals surface area contributed by atoms with E-state index in [0.717, 1.165) is 5.52 Å². The molecule has 1 saturated heterocycles. The molecule has 8 nitrogen and oxygen atoms in total. The number of benzene rings is 3. The molecule has 1 unspecified atom stereocenters. The van der Waals surface area contributed by atoms with Crippen molar-refractivity contribution in [2.45, 2.75) is 12.0 Å². The molecule has 0 bridgehead atoms. The monoisotopic (exact) mass is 442 g/mol. The van der Waals surface area contributed by atoms with Crippen molar-refractivity contribution in [3.05, 3.63) is 78.6 Å². The number of hydrogen-bond donors (Lipinski definition) is 2. The van der Waals surface area contributed by atoms with E-state index in [1.807, 2.05) is 24.3 Å². The number of aromatic amines is 1. The van der Waals surface area contributed by atoms with Crippen molar-refractivity contribution in [2.75, 3.05) is 24.4 Å². The van der Waals surface area contributed by atoms with E-state index in [4.69, 9.17) is 9.47 Å². The Labute approximate surface area is 190 Å². The summed E-state index contributed by atoms with van der Waals surface area (Å²) in [5.74, 6) is 1.02. The highest BCUT2D eigenvalue weighted by atomic mass is 16.5. The normalized spacial score (nSPS) is 17.5. The first-order chi connectivity index (χ1) is 16.0. The predicted octanol–water partition coefficient (Wildman–Crippen LogP) is 3.85. The van der Waals surface area contributed by atoms with Gasteiger partial charge in [0.2, 0.25) is 5.91 Å². The molecule has 33 heavy (non-hydrogen) atoms. The van der Waals surface area contributed by atoms with Gasteiger partial charge in [0, 0.05) is 23.5 Å². The Balaban J connectivity index is 1.63. The van der Waals surface area contributed by atoms with Gasteiger partial charge >= 0.3 is 0 Å². The van der Waals surface area contributed by atoms with Crippen molar-refractivity contribution in [3.8, 4) is 11.5 Å². The molecule has 0 aliphatic carbocycles. The number of rotatable bonds is 6. The van der Waals surface area contributed by atoms with Crippen molar-refractivity contribution in [3.63, 3.8) is 0 Å². The molecule has 1 aliphatic rings. The van der Waals surface area contributed by atoms with Gasteiger partial charge in [-0.2, -0.15) is 0 Å². The predicted molar refractivity (Wildman–Crippen MR) is 124 cm³/mol. The zero-order chi connectivity index (χ0) is 23.0. The summed E-state index contributed by atoms with van der Waals surface area (Å²) in [4.78, 5) is 36.2. The van der Waals surface area contributed by atoms with Crippen molar-refractivity contribution in [1.29, 1.82) is 0 Å². The summed E-state index contributed by atoms with van der Waals surface area (Å²) >= 11 is 0. The highest BCUT2D eigenvalue weighted by Crippen LogP contribution is 2.45. The smallest absolute Gasteiger partial charge is 0.259 e. The molecule has 8 heteroatoms. The van der Waals surface area contributed by atoms with Gasteiger partial charge in [0.1, 0.15) is 17.3 Å². The average molecular weight is 442 g/mol. The Morgan fingerprint density at radius 1 is 1.00 bits per heavy atom. The molecule has 2 N–H and O–H groups in total. The van der Waals surface area contributed by atoms with E-state index in [1.54, 1.807) is 62.8 Å². The molecule has 2 amide bonds. The van der Waals surface area contributed by atoms with Crippen LogP contribution < -0.4 is 19.7 Å². The molecular formula is C25H22N4O4. The van der Waals surface area contributed by atoms with Crippen LogP contribution in [0.1, 0.15) is 12.2 Å². The SMILES string of the molecule is COc1cccc(NC(=O)C2(c3nc4ccccc4[nH]3)CC(=O)N2c2cccc(OC)c2)c1. The number of carbonyl (C=O) groups excluding carboxylic acids is 2. The van der Waals surface area contributed by atoms with Crippen molar-refractivity contribution < 1.29 is 19.1 Å². The lowest BCUT2D eigenvalue weighted by Crippen LogP contribution is -2.67. The van der Waals surface area contributed by atoms with Crippen LogP contribution in [0.5, 0.6) is 11.5 Å². The highest BCUT2D eigenvalue weighted by Gasteiger charge is 2.60. The second kappa shape index (κ2) is 7.98. The van der Waals surface area contributed by atoms with Gasteiger partial charge in [-0.25, -0.2) is 4.98 Å². The van der Waals surface area contributed by atoms with Crippen LogP contribution in [-0.4, -0.2) is 36.0 Å². The van der Waals surface area contributed by atoms with Gasteiger partial charge in [-0.1, -0.05) is 24.3 Å². The number of β-lactam (4-membered cyclic amide) rings is 1. The maximum atomic E-state index is 13.8. The summed E-state index contributed by atoms with van der Waals surface area (Å²) in [7, 11) is 3.12. The third kappa shape index (κ3) is 3.36. The quantitative estimate of drug-likeness (QED) is 0.442. The molecule has 3 aromatic carbocycles. The average Bonchev–Trinajstić information content (AvgIpc) is 3.26. The summed E-state index contributed by atoms with van der Waals surface area (Å²) in [6.45, 7) is 0. The Kier molecular flexibility index (Phi) is 4.97. The van der Waals surface area contributed by atoms with Crippen LogP contribution in [0.4, 0.5) is 11.4 Å². The summed E-state index contributed by atoms with van der Waals surface area (Å²) in [6.07, 6.45) is -0.0279. The van der Waals surface area contributed by atoms with E-state index < -0.39 is 5.54 Å². The maximum absolute atomic E-state index is 13.8. The van der Waals surface area contributed by atoms with Gasteiger partial charge in [-0.05, 0) is 36.4 Å². The maximum Gasteiger partial charge on any atom is 0.259 e. The molecule has 1 aromatic heterocycles. The molecule has 166 valence electrons. The summed E-state index contributed by atoms with van der Waals surface area (Å²) in [5.41, 5.74) is 1.24. The standard InChI is InChI=1S/C25H22N4O4/c1-32-18-9-5-7-16(13-18)26-24(31)25(23-27-20-11-3-4-12-21(20)28-23)15-22(30)29(25)17-8-6-10-19(14-17)33-2/h3-14H,15H2,1-2H3,(H,26,31)(H,27,28). The molecule has 1 aliphatic heterocycles. The summed E-state index contributed by atoms with van der Waals surface area (Å²) in [5, 5.41) is 2.95. The van der Waals surface area contributed by atoms with Crippen molar-refractivity contribution >= 4 is 34.2 Å². The van der Waals surface area contributed by atoms with Gasteiger partial charge < -0.3 is 19.8 Å². The van der Waals surface area contributed by atoms with E-state index >= 15 is 0 Å². The lowest BCUT2D eigenvalue weighted by Gasteiger charge is -2.49. The van der Waals surface area contributed by atoms with E-state index in [9.17, 15) is 9.59 Å².